The number of hydrogen-bond acceptors (Lipinski definition) is 5. The van der Waals surface area contributed by atoms with Gasteiger partial charge in [0.05, 0.1) is 5.69 Å². The largest absolute Gasteiger partial charge is 0.573 e. The quantitative estimate of drug-likeness (QED) is 0.543. The van der Waals surface area contributed by atoms with Crippen LogP contribution in [-0.2, 0) is 0 Å². The summed E-state index contributed by atoms with van der Waals surface area (Å²) >= 11 is 0. The van der Waals surface area contributed by atoms with Crippen molar-refractivity contribution in [2.45, 2.75) is 27.1 Å². The number of alkyl halides is 3. The zero-order valence-electron chi connectivity index (χ0n) is 16.3. The molecule has 0 fully saturated rings. The minimum atomic E-state index is -4.75. The van der Waals surface area contributed by atoms with Crippen LogP contribution in [0.3, 0.4) is 0 Å². The Balaban J connectivity index is 1.98. The number of rotatable bonds is 6. The van der Waals surface area contributed by atoms with E-state index in [1.54, 1.807) is 12.1 Å². The SMILES string of the molecule is CCNc1nc(Nc2cc(C)cc(C)c2)cc(-c2cccc(OC(F)(F)F)c2)n1. The summed E-state index contributed by atoms with van der Waals surface area (Å²) in [6.07, 6.45) is -4.75. The third-order valence-electron chi connectivity index (χ3n) is 3.92. The van der Waals surface area contributed by atoms with Crippen molar-refractivity contribution < 1.29 is 17.9 Å². The van der Waals surface area contributed by atoms with Gasteiger partial charge in [-0.2, -0.15) is 4.98 Å². The maximum Gasteiger partial charge on any atom is 0.573 e. The molecule has 0 radical (unpaired) electrons. The first-order valence-electron chi connectivity index (χ1n) is 9.06. The summed E-state index contributed by atoms with van der Waals surface area (Å²) in [4.78, 5) is 8.85. The zero-order valence-corrected chi connectivity index (χ0v) is 16.3. The summed E-state index contributed by atoms with van der Waals surface area (Å²) in [5.74, 6) is 0.597. The molecule has 8 heteroatoms. The van der Waals surface area contributed by atoms with E-state index in [1.165, 1.54) is 18.2 Å². The van der Waals surface area contributed by atoms with Gasteiger partial charge in [-0.25, -0.2) is 4.98 Å². The molecule has 0 amide bonds. The van der Waals surface area contributed by atoms with Gasteiger partial charge in [-0.05, 0) is 56.2 Å². The van der Waals surface area contributed by atoms with Gasteiger partial charge in [-0.15, -0.1) is 13.2 Å². The molecule has 2 aromatic carbocycles. The molecular formula is C21H21F3N4O. The van der Waals surface area contributed by atoms with Crippen LogP contribution in [0.25, 0.3) is 11.3 Å². The van der Waals surface area contributed by atoms with E-state index in [-0.39, 0.29) is 5.75 Å². The number of hydrogen-bond donors (Lipinski definition) is 2. The smallest absolute Gasteiger partial charge is 0.406 e. The predicted molar refractivity (Wildman–Crippen MR) is 108 cm³/mol. The minimum Gasteiger partial charge on any atom is -0.406 e. The number of nitrogens with one attached hydrogen (secondary N) is 2. The van der Waals surface area contributed by atoms with Gasteiger partial charge in [0.25, 0.3) is 0 Å². The van der Waals surface area contributed by atoms with Crippen LogP contribution in [0.4, 0.5) is 30.6 Å². The van der Waals surface area contributed by atoms with Gasteiger partial charge in [0, 0.05) is 23.9 Å². The Kier molecular flexibility index (Phi) is 5.91. The lowest BCUT2D eigenvalue weighted by atomic mass is 10.1. The third kappa shape index (κ3) is 5.84. The molecule has 0 aliphatic carbocycles. The fourth-order valence-electron chi connectivity index (χ4n) is 2.94. The van der Waals surface area contributed by atoms with E-state index >= 15 is 0 Å². The van der Waals surface area contributed by atoms with E-state index in [4.69, 9.17) is 0 Å². The number of aromatic nitrogens is 2. The van der Waals surface area contributed by atoms with Gasteiger partial charge in [-0.3, -0.25) is 0 Å². The average molecular weight is 402 g/mol. The molecule has 0 unspecified atom stereocenters. The van der Waals surface area contributed by atoms with Crippen molar-refractivity contribution in [2.24, 2.45) is 0 Å². The Morgan fingerprint density at radius 1 is 0.966 bits per heavy atom. The van der Waals surface area contributed by atoms with Crippen molar-refractivity contribution in [3.63, 3.8) is 0 Å². The number of anilines is 3. The van der Waals surface area contributed by atoms with Gasteiger partial charge in [-0.1, -0.05) is 18.2 Å². The molecule has 0 saturated heterocycles. The summed E-state index contributed by atoms with van der Waals surface area (Å²) in [7, 11) is 0. The molecule has 0 aliphatic heterocycles. The van der Waals surface area contributed by atoms with Crippen LogP contribution < -0.4 is 15.4 Å². The van der Waals surface area contributed by atoms with E-state index in [9.17, 15) is 13.2 Å². The molecule has 0 saturated carbocycles. The number of ether oxygens (including phenoxy) is 1. The molecular weight excluding hydrogens is 381 g/mol. The van der Waals surface area contributed by atoms with Crippen molar-refractivity contribution in [1.82, 2.24) is 9.97 Å². The molecule has 0 aliphatic rings. The van der Waals surface area contributed by atoms with E-state index in [0.29, 0.717) is 29.6 Å². The molecule has 0 bridgehead atoms. The first kappa shape index (κ1) is 20.4. The summed E-state index contributed by atoms with van der Waals surface area (Å²) in [5, 5.41) is 6.29. The van der Waals surface area contributed by atoms with E-state index in [2.05, 4.69) is 31.4 Å². The second-order valence-corrected chi connectivity index (χ2v) is 6.57. The molecule has 0 spiro atoms. The molecule has 1 heterocycles. The van der Waals surface area contributed by atoms with Gasteiger partial charge < -0.3 is 15.4 Å². The molecule has 29 heavy (non-hydrogen) atoms. The van der Waals surface area contributed by atoms with Crippen LogP contribution in [0.15, 0.2) is 48.5 Å². The molecule has 5 nitrogen and oxygen atoms in total. The summed E-state index contributed by atoms with van der Waals surface area (Å²) in [5.41, 5.74) is 4.02. The Labute approximate surface area is 167 Å². The topological polar surface area (TPSA) is 59.1 Å². The molecule has 3 aromatic rings. The molecule has 0 atom stereocenters. The average Bonchev–Trinajstić information content (AvgIpc) is 2.59. The highest BCUT2D eigenvalue weighted by molar-refractivity contribution is 5.68. The van der Waals surface area contributed by atoms with Crippen molar-refractivity contribution in [1.29, 1.82) is 0 Å². The first-order valence-corrected chi connectivity index (χ1v) is 9.06. The predicted octanol–water partition coefficient (Wildman–Crippen LogP) is 5.83. The molecule has 2 N–H and O–H groups in total. The lowest BCUT2D eigenvalue weighted by Gasteiger charge is -2.13. The van der Waals surface area contributed by atoms with Crippen LogP contribution >= 0.6 is 0 Å². The first-order chi connectivity index (χ1) is 13.7. The summed E-state index contributed by atoms with van der Waals surface area (Å²) < 4.78 is 41.7. The molecule has 3 rings (SSSR count). The second kappa shape index (κ2) is 8.38. The number of aryl methyl sites for hydroxylation is 2. The van der Waals surface area contributed by atoms with E-state index < -0.39 is 6.36 Å². The van der Waals surface area contributed by atoms with Crippen LogP contribution in [0, 0.1) is 13.8 Å². The van der Waals surface area contributed by atoms with Gasteiger partial charge in [0.15, 0.2) is 0 Å². The maximum atomic E-state index is 12.5. The van der Waals surface area contributed by atoms with Crippen LogP contribution in [0.2, 0.25) is 0 Å². The Hall–Kier alpha value is -3.29. The van der Waals surface area contributed by atoms with Gasteiger partial charge in [0.1, 0.15) is 11.6 Å². The van der Waals surface area contributed by atoms with Crippen LogP contribution in [-0.4, -0.2) is 22.9 Å². The molecule has 1 aromatic heterocycles. The fourth-order valence-corrected chi connectivity index (χ4v) is 2.94. The maximum absolute atomic E-state index is 12.5. The fraction of sp³-hybridized carbons (Fsp3) is 0.238. The zero-order chi connectivity index (χ0) is 21.0. The monoisotopic (exact) mass is 402 g/mol. The second-order valence-electron chi connectivity index (χ2n) is 6.57. The Morgan fingerprint density at radius 2 is 1.69 bits per heavy atom. The van der Waals surface area contributed by atoms with Crippen molar-refractivity contribution >= 4 is 17.5 Å². The van der Waals surface area contributed by atoms with Crippen LogP contribution in [0.1, 0.15) is 18.1 Å². The van der Waals surface area contributed by atoms with E-state index in [1.807, 2.05) is 32.9 Å². The van der Waals surface area contributed by atoms with Crippen molar-refractivity contribution in [2.75, 3.05) is 17.2 Å². The standard InChI is InChI=1S/C21H21F3N4O/c1-4-25-20-27-18(15-6-5-7-17(11-15)29-21(22,23)24)12-19(28-20)26-16-9-13(2)8-14(3)10-16/h5-12H,4H2,1-3H3,(H2,25,26,27,28). The number of nitrogens with zero attached hydrogens (tertiary/aromatic N) is 2. The normalized spacial score (nSPS) is 11.2. The highest BCUT2D eigenvalue weighted by Crippen LogP contribution is 2.29. The lowest BCUT2D eigenvalue weighted by molar-refractivity contribution is -0.274. The Bertz CT molecular complexity index is 985. The molecule has 152 valence electrons. The summed E-state index contributed by atoms with van der Waals surface area (Å²) in [6.45, 7) is 6.51. The van der Waals surface area contributed by atoms with Crippen molar-refractivity contribution in [3.05, 3.63) is 59.7 Å². The van der Waals surface area contributed by atoms with Gasteiger partial charge >= 0.3 is 6.36 Å². The number of halogens is 3. The highest BCUT2D eigenvalue weighted by atomic mass is 19.4. The number of benzene rings is 2. The Morgan fingerprint density at radius 3 is 2.34 bits per heavy atom. The van der Waals surface area contributed by atoms with E-state index in [0.717, 1.165) is 16.8 Å². The highest BCUT2D eigenvalue weighted by Gasteiger charge is 2.31. The summed E-state index contributed by atoms with van der Waals surface area (Å²) in [6, 6.07) is 13.4. The van der Waals surface area contributed by atoms with Gasteiger partial charge in [0.2, 0.25) is 5.95 Å². The van der Waals surface area contributed by atoms with Crippen LogP contribution in [0.5, 0.6) is 5.75 Å². The third-order valence-corrected chi connectivity index (χ3v) is 3.92. The van der Waals surface area contributed by atoms with Crippen molar-refractivity contribution in [3.8, 4) is 17.0 Å². The lowest BCUT2D eigenvalue weighted by Crippen LogP contribution is -2.17. The minimum absolute atomic E-state index is 0.303.